The molecule has 5 aromatic rings. The highest BCUT2D eigenvalue weighted by Gasteiger charge is 2.22. The number of aromatic nitrogens is 1. The number of thiophene rings is 1. The van der Waals surface area contributed by atoms with E-state index < -0.39 is 0 Å². The largest absolute Gasteiger partial charge is 0.397 e. The summed E-state index contributed by atoms with van der Waals surface area (Å²) in [5.74, 6) is -0.0714. The molecule has 0 unspecified atom stereocenters. The minimum atomic E-state index is -0.0714. The lowest BCUT2D eigenvalue weighted by molar-refractivity contribution is 0.104. The number of hydrogen-bond acceptors (Lipinski definition) is 4. The number of benzene rings is 3. The van der Waals surface area contributed by atoms with E-state index in [4.69, 9.17) is 10.7 Å². The number of anilines is 1. The number of pyridine rings is 1. The molecule has 32 heavy (non-hydrogen) atoms. The lowest BCUT2D eigenvalue weighted by Crippen LogP contribution is -2.01. The summed E-state index contributed by atoms with van der Waals surface area (Å²) < 4.78 is 0. The fourth-order valence-electron chi connectivity index (χ4n) is 3.84. The third-order valence-corrected chi connectivity index (χ3v) is 6.75. The molecule has 0 radical (unpaired) electrons. The normalized spacial score (nSPS) is 11.1. The van der Waals surface area contributed by atoms with Crippen LogP contribution in [-0.4, -0.2) is 10.8 Å². The van der Waals surface area contributed by atoms with Crippen LogP contribution in [0.5, 0.6) is 0 Å². The Morgan fingerprint density at radius 1 is 0.812 bits per heavy atom. The van der Waals surface area contributed by atoms with Gasteiger partial charge in [-0.3, -0.25) is 4.79 Å². The number of rotatable bonds is 4. The fourth-order valence-corrected chi connectivity index (χ4v) is 4.93. The predicted molar refractivity (Wildman–Crippen MR) is 134 cm³/mol. The molecule has 2 heterocycles. The van der Waals surface area contributed by atoms with Gasteiger partial charge in [-0.1, -0.05) is 90.0 Å². The minimum absolute atomic E-state index is 0.0714. The lowest BCUT2D eigenvalue weighted by Gasteiger charge is -2.09. The van der Waals surface area contributed by atoms with Crippen molar-refractivity contribution in [1.82, 2.24) is 4.98 Å². The number of nitrogens with zero attached hydrogens (tertiary/aromatic N) is 1. The molecule has 0 amide bonds. The summed E-state index contributed by atoms with van der Waals surface area (Å²) >= 11 is 1.37. The Bertz CT molecular complexity index is 1430. The van der Waals surface area contributed by atoms with Crippen molar-refractivity contribution in [1.29, 1.82) is 0 Å². The molecule has 5 rings (SSSR count). The molecule has 0 saturated heterocycles. The van der Waals surface area contributed by atoms with Crippen molar-refractivity contribution in [2.24, 2.45) is 0 Å². The van der Waals surface area contributed by atoms with Crippen molar-refractivity contribution in [3.8, 4) is 22.4 Å². The fraction of sp³-hybridized carbons (Fsp3) is 0.0714. The van der Waals surface area contributed by atoms with E-state index in [9.17, 15) is 4.79 Å². The highest BCUT2D eigenvalue weighted by atomic mass is 32.1. The third-order valence-electron chi connectivity index (χ3n) is 5.65. The Balaban J connectivity index is 1.76. The monoisotopic (exact) mass is 434 g/mol. The first-order valence-corrected chi connectivity index (χ1v) is 11.3. The topological polar surface area (TPSA) is 56.0 Å². The Labute approximate surface area is 191 Å². The van der Waals surface area contributed by atoms with Crippen molar-refractivity contribution in [2.45, 2.75) is 13.8 Å². The first-order valence-electron chi connectivity index (χ1n) is 10.5. The molecule has 0 aliphatic heterocycles. The molecule has 2 N–H and O–H groups in total. The summed E-state index contributed by atoms with van der Waals surface area (Å²) in [6.45, 7) is 4.14. The standard InChI is InChI=1S/C28H22N2OS/c1-17-8-12-19(13-9-17)22-16-23(20-14-10-18(2)11-15-20)30-28-24(22)25(29)27(32-28)26(31)21-6-4-3-5-7-21/h3-16H,29H2,1-2H3. The van der Waals surface area contributed by atoms with Gasteiger partial charge in [-0.2, -0.15) is 0 Å². The SMILES string of the molecule is Cc1ccc(-c2cc(-c3ccc(C)cc3)c3c(N)c(C(=O)c4ccccc4)sc3n2)cc1. The number of carbonyl (C=O) groups excluding carboxylic acids is 1. The Kier molecular flexibility index (Phi) is 5.08. The van der Waals surface area contributed by atoms with Crippen LogP contribution in [0.1, 0.15) is 26.4 Å². The van der Waals surface area contributed by atoms with E-state index in [2.05, 4.69) is 68.4 Å². The Morgan fingerprint density at radius 3 is 2.03 bits per heavy atom. The average molecular weight is 435 g/mol. The molecule has 0 saturated carbocycles. The number of aryl methyl sites for hydroxylation is 2. The molecule has 2 aromatic heterocycles. The van der Waals surface area contributed by atoms with E-state index in [1.807, 2.05) is 30.3 Å². The zero-order chi connectivity index (χ0) is 22.2. The van der Waals surface area contributed by atoms with Gasteiger partial charge < -0.3 is 5.73 Å². The van der Waals surface area contributed by atoms with Gasteiger partial charge in [0.2, 0.25) is 5.78 Å². The lowest BCUT2D eigenvalue weighted by atomic mass is 9.98. The van der Waals surface area contributed by atoms with Gasteiger partial charge in [-0.15, -0.1) is 11.3 Å². The van der Waals surface area contributed by atoms with Crippen LogP contribution >= 0.6 is 11.3 Å². The van der Waals surface area contributed by atoms with Crippen LogP contribution in [0.25, 0.3) is 32.6 Å². The van der Waals surface area contributed by atoms with Crippen molar-refractivity contribution in [3.63, 3.8) is 0 Å². The number of carbonyl (C=O) groups is 1. The maximum atomic E-state index is 13.2. The van der Waals surface area contributed by atoms with Crippen molar-refractivity contribution >= 4 is 33.0 Å². The maximum Gasteiger partial charge on any atom is 0.205 e. The molecule has 0 fully saturated rings. The number of nitrogens with two attached hydrogens (primary N) is 1. The highest BCUT2D eigenvalue weighted by Crippen LogP contribution is 2.42. The van der Waals surface area contributed by atoms with Gasteiger partial charge in [0.25, 0.3) is 0 Å². The quantitative estimate of drug-likeness (QED) is 0.308. The van der Waals surface area contributed by atoms with Crippen LogP contribution < -0.4 is 5.73 Å². The van der Waals surface area contributed by atoms with E-state index in [1.54, 1.807) is 0 Å². The molecule has 0 spiro atoms. The second-order valence-electron chi connectivity index (χ2n) is 8.01. The number of hydrogen-bond donors (Lipinski definition) is 1. The molecule has 4 heteroatoms. The van der Waals surface area contributed by atoms with Gasteiger partial charge in [-0.25, -0.2) is 4.98 Å². The van der Waals surface area contributed by atoms with E-state index in [0.717, 1.165) is 32.6 Å². The zero-order valence-electron chi connectivity index (χ0n) is 17.9. The molecule has 0 atom stereocenters. The summed E-state index contributed by atoms with van der Waals surface area (Å²) in [6, 6.07) is 28.0. The molecule has 0 bridgehead atoms. The number of nitrogen functional groups attached to an aromatic ring is 1. The number of fused-ring (bicyclic) bond motifs is 1. The average Bonchev–Trinajstić information content (AvgIpc) is 3.16. The van der Waals surface area contributed by atoms with E-state index in [0.29, 0.717) is 16.1 Å². The van der Waals surface area contributed by atoms with Gasteiger partial charge in [0.1, 0.15) is 9.71 Å². The summed E-state index contributed by atoms with van der Waals surface area (Å²) in [4.78, 5) is 19.5. The molecule has 0 aliphatic rings. The van der Waals surface area contributed by atoms with Crippen LogP contribution in [-0.2, 0) is 0 Å². The van der Waals surface area contributed by atoms with E-state index in [-0.39, 0.29) is 5.78 Å². The minimum Gasteiger partial charge on any atom is -0.397 e. The first-order chi connectivity index (χ1) is 15.5. The third kappa shape index (κ3) is 3.59. The summed E-state index contributed by atoms with van der Waals surface area (Å²) in [6.07, 6.45) is 0. The summed E-state index contributed by atoms with van der Waals surface area (Å²) in [5.41, 5.74) is 14.1. The Hall–Kier alpha value is -3.76. The molecule has 3 nitrogen and oxygen atoms in total. The van der Waals surface area contributed by atoms with Gasteiger partial charge in [0, 0.05) is 16.5 Å². The molecule has 3 aromatic carbocycles. The number of ketones is 1. The van der Waals surface area contributed by atoms with Crippen LogP contribution in [0.2, 0.25) is 0 Å². The van der Waals surface area contributed by atoms with Crippen molar-refractivity contribution < 1.29 is 4.79 Å². The summed E-state index contributed by atoms with van der Waals surface area (Å²) in [5, 5.41) is 0.842. The summed E-state index contributed by atoms with van der Waals surface area (Å²) in [7, 11) is 0. The smallest absolute Gasteiger partial charge is 0.205 e. The van der Waals surface area contributed by atoms with Crippen molar-refractivity contribution in [2.75, 3.05) is 5.73 Å². The van der Waals surface area contributed by atoms with Gasteiger partial charge in [0.05, 0.1) is 11.4 Å². The molecular weight excluding hydrogens is 412 g/mol. The van der Waals surface area contributed by atoms with E-state index >= 15 is 0 Å². The van der Waals surface area contributed by atoms with Gasteiger partial charge >= 0.3 is 0 Å². The maximum absolute atomic E-state index is 13.2. The molecule has 156 valence electrons. The van der Waals surface area contributed by atoms with Crippen LogP contribution in [0, 0.1) is 13.8 Å². The van der Waals surface area contributed by atoms with Crippen LogP contribution in [0.15, 0.2) is 84.9 Å². The molecular formula is C28H22N2OS. The van der Waals surface area contributed by atoms with Gasteiger partial charge in [0.15, 0.2) is 0 Å². The molecule has 0 aliphatic carbocycles. The van der Waals surface area contributed by atoms with Gasteiger partial charge in [-0.05, 0) is 31.0 Å². The van der Waals surface area contributed by atoms with Crippen LogP contribution in [0.4, 0.5) is 5.69 Å². The predicted octanol–water partition coefficient (Wildman–Crippen LogP) is 7.06. The van der Waals surface area contributed by atoms with E-state index in [1.165, 1.54) is 22.5 Å². The zero-order valence-corrected chi connectivity index (χ0v) is 18.7. The van der Waals surface area contributed by atoms with Crippen LogP contribution in [0.3, 0.4) is 0 Å². The van der Waals surface area contributed by atoms with Crippen molar-refractivity contribution in [3.05, 3.63) is 106 Å². The second-order valence-corrected chi connectivity index (χ2v) is 9.01. The second kappa shape index (κ2) is 8.06. The Morgan fingerprint density at radius 2 is 1.41 bits per heavy atom. The first kappa shape index (κ1) is 20.2. The highest BCUT2D eigenvalue weighted by molar-refractivity contribution is 7.21.